The van der Waals surface area contributed by atoms with E-state index in [0.29, 0.717) is 24.6 Å². The van der Waals surface area contributed by atoms with E-state index < -0.39 is 5.76 Å². The molecule has 0 radical (unpaired) electrons. The fourth-order valence-corrected chi connectivity index (χ4v) is 5.69. The Morgan fingerprint density at radius 3 is 2.60 bits per heavy atom. The number of ether oxygens (including phenoxy) is 1. The topological polar surface area (TPSA) is 120 Å². The van der Waals surface area contributed by atoms with Crippen molar-refractivity contribution in [1.29, 1.82) is 0 Å². The van der Waals surface area contributed by atoms with Crippen LogP contribution in [0.5, 0.6) is 0 Å². The number of aromatic nitrogens is 6. The standard InChI is InChI=1S/C30H32N6O4/c1-3-4-9-26-25(28(37)35(29-31-18-32-36(26)29)22-14-15-39-19(2)16-22)17-20-10-12-21(13-11-20)23-7-5-6-8-24(23)27-33-30(38)40-34-27/h5-8,10-13,18-19,22H,3-4,9,14-17H2,1-2H3,(H,33,34,38). The first-order valence-corrected chi connectivity index (χ1v) is 13.9. The minimum atomic E-state index is -0.593. The number of aryl methyl sites for hydroxylation is 1. The Morgan fingerprint density at radius 2 is 1.88 bits per heavy atom. The monoisotopic (exact) mass is 540 g/mol. The van der Waals surface area contributed by atoms with Gasteiger partial charge in [0.2, 0.25) is 5.78 Å². The first-order chi connectivity index (χ1) is 19.5. The van der Waals surface area contributed by atoms with Crippen LogP contribution in [0.15, 0.2) is 69.0 Å². The molecule has 0 bridgehead atoms. The minimum Gasteiger partial charge on any atom is -0.378 e. The number of fused-ring (bicyclic) bond motifs is 1. The molecule has 3 aromatic heterocycles. The van der Waals surface area contributed by atoms with Crippen LogP contribution in [0.4, 0.5) is 0 Å². The summed E-state index contributed by atoms with van der Waals surface area (Å²) in [6, 6.07) is 15.9. The fourth-order valence-electron chi connectivity index (χ4n) is 5.69. The molecular weight excluding hydrogens is 508 g/mol. The minimum absolute atomic E-state index is 0.00936. The van der Waals surface area contributed by atoms with Crippen molar-refractivity contribution in [3.8, 4) is 22.5 Å². The number of unbranched alkanes of at least 4 members (excludes halogenated alkanes) is 1. The average molecular weight is 541 g/mol. The highest BCUT2D eigenvalue weighted by molar-refractivity contribution is 5.80. The molecule has 0 saturated carbocycles. The summed E-state index contributed by atoms with van der Waals surface area (Å²) < 4.78 is 14.2. The van der Waals surface area contributed by atoms with E-state index in [4.69, 9.17) is 9.26 Å². The van der Waals surface area contributed by atoms with Gasteiger partial charge in [-0.15, -0.1) is 0 Å². The molecule has 1 saturated heterocycles. The van der Waals surface area contributed by atoms with Crippen molar-refractivity contribution in [2.75, 3.05) is 6.61 Å². The summed E-state index contributed by atoms with van der Waals surface area (Å²) in [4.78, 5) is 32.8. The van der Waals surface area contributed by atoms with E-state index >= 15 is 0 Å². The van der Waals surface area contributed by atoms with Crippen molar-refractivity contribution in [1.82, 2.24) is 29.3 Å². The number of hydrogen-bond acceptors (Lipinski definition) is 7. The second-order valence-corrected chi connectivity index (χ2v) is 10.4. The molecule has 2 atom stereocenters. The second kappa shape index (κ2) is 11.1. The Morgan fingerprint density at radius 1 is 1.07 bits per heavy atom. The summed E-state index contributed by atoms with van der Waals surface area (Å²) in [6.45, 7) is 4.82. The van der Waals surface area contributed by atoms with E-state index in [1.54, 1.807) is 6.33 Å². The van der Waals surface area contributed by atoms with Crippen LogP contribution in [0, 0.1) is 0 Å². The lowest BCUT2D eigenvalue weighted by atomic mass is 9.96. The summed E-state index contributed by atoms with van der Waals surface area (Å²) in [5.74, 6) is 0.399. The predicted molar refractivity (Wildman–Crippen MR) is 150 cm³/mol. The number of nitrogens with one attached hydrogen (secondary N) is 1. The normalized spacial score (nSPS) is 17.4. The van der Waals surface area contributed by atoms with Gasteiger partial charge in [0.25, 0.3) is 5.56 Å². The highest BCUT2D eigenvalue weighted by atomic mass is 16.5. The molecule has 0 spiro atoms. The Hall–Kier alpha value is -4.31. The highest BCUT2D eigenvalue weighted by Gasteiger charge is 2.27. The Labute approximate surface area is 230 Å². The van der Waals surface area contributed by atoms with Gasteiger partial charge in [-0.25, -0.2) is 9.31 Å². The Bertz CT molecular complexity index is 1750. The van der Waals surface area contributed by atoms with E-state index in [2.05, 4.69) is 34.1 Å². The number of H-pyrrole nitrogens is 1. The van der Waals surface area contributed by atoms with Gasteiger partial charge in [-0.2, -0.15) is 10.1 Å². The molecule has 2 unspecified atom stereocenters. The Kier molecular flexibility index (Phi) is 7.17. The van der Waals surface area contributed by atoms with Crippen molar-refractivity contribution in [3.63, 3.8) is 0 Å². The van der Waals surface area contributed by atoms with Gasteiger partial charge in [-0.3, -0.25) is 18.9 Å². The van der Waals surface area contributed by atoms with E-state index in [9.17, 15) is 9.59 Å². The van der Waals surface area contributed by atoms with Crippen molar-refractivity contribution in [3.05, 3.63) is 92.6 Å². The van der Waals surface area contributed by atoms with Gasteiger partial charge in [-0.1, -0.05) is 67.0 Å². The van der Waals surface area contributed by atoms with Crippen LogP contribution in [0.2, 0.25) is 0 Å². The molecular formula is C30H32N6O4. The van der Waals surface area contributed by atoms with Crippen molar-refractivity contribution in [2.24, 2.45) is 0 Å². The summed E-state index contributed by atoms with van der Waals surface area (Å²) >= 11 is 0. The van der Waals surface area contributed by atoms with Gasteiger partial charge < -0.3 is 4.74 Å². The van der Waals surface area contributed by atoms with Gasteiger partial charge in [0.15, 0.2) is 5.82 Å². The smallest absolute Gasteiger partial charge is 0.378 e. The molecule has 1 aliphatic heterocycles. The maximum Gasteiger partial charge on any atom is 0.439 e. The van der Waals surface area contributed by atoms with E-state index in [1.165, 1.54) is 0 Å². The fraction of sp³-hybridized carbons (Fsp3) is 0.367. The third kappa shape index (κ3) is 4.90. The molecule has 1 N–H and O–H groups in total. The van der Waals surface area contributed by atoms with Gasteiger partial charge in [0, 0.05) is 30.2 Å². The predicted octanol–water partition coefficient (Wildman–Crippen LogP) is 4.57. The zero-order chi connectivity index (χ0) is 27.6. The van der Waals surface area contributed by atoms with Crippen LogP contribution in [0.1, 0.15) is 62.4 Å². The summed E-state index contributed by atoms with van der Waals surface area (Å²) in [6.07, 6.45) is 6.38. The van der Waals surface area contributed by atoms with Gasteiger partial charge in [0.05, 0.1) is 11.8 Å². The SMILES string of the molecule is CCCCc1c(Cc2ccc(-c3ccccc3-c3noc(=O)[nH]3)cc2)c(=O)n(C2CCOC(C)C2)c2ncnn12. The first kappa shape index (κ1) is 25.9. The van der Waals surface area contributed by atoms with Crippen molar-refractivity contribution < 1.29 is 9.26 Å². The van der Waals surface area contributed by atoms with E-state index in [0.717, 1.165) is 65.6 Å². The zero-order valence-corrected chi connectivity index (χ0v) is 22.7. The number of aromatic amines is 1. The molecule has 10 nitrogen and oxygen atoms in total. The van der Waals surface area contributed by atoms with Gasteiger partial charge in [-0.05, 0) is 49.3 Å². The third-order valence-corrected chi connectivity index (χ3v) is 7.68. The maximum absolute atomic E-state index is 14.2. The third-order valence-electron chi connectivity index (χ3n) is 7.68. The Balaban J connectivity index is 1.39. The van der Waals surface area contributed by atoms with Crippen LogP contribution in [0.25, 0.3) is 28.3 Å². The second-order valence-electron chi connectivity index (χ2n) is 10.4. The molecule has 6 rings (SSSR count). The van der Waals surface area contributed by atoms with Crippen LogP contribution in [0.3, 0.4) is 0 Å². The molecule has 40 heavy (non-hydrogen) atoms. The van der Waals surface area contributed by atoms with Crippen molar-refractivity contribution in [2.45, 2.75) is 64.5 Å². The highest BCUT2D eigenvalue weighted by Crippen LogP contribution is 2.31. The summed E-state index contributed by atoms with van der Waals surface area (Å²) in [7, 11) is 0. The molecule has 5 aromatic rings. The number of benzene rings is 2. The molecule has 0 aliphatic carbocycles. The summed E-state index contributed by atoms with van der Waals surface area (Å²) in [5.41, 5.74) is 5.39. The lowest BCUT2D eigenvalue weighted by Gasteiger charge is -2.29. The van der Waals surface area contributed by atoms with E-state index in [1.807, 2.05) is 57.6 Å². The molecule has 4 heterocycles. The summed E-state index contributed by atoms with van der Waals surface area (Å²) in [5, 5.41) is 8.42. The maximum atomic E-state index is 14.2. The molecule has 1 fully saturated rings. The lowest BCUT2D eigenvalue weighted by Crippen LogP contribution is -2.36. The van der Waals surface area contributed by atoms with Crippen LogP contribution >= 0.6 is 0 Å². The quantitative estimate of drug-likeness (QED) is 0.306. The molecule has 2 aromatic carbocycles. The number of rotatable bonds is 8. The first-order valence-electron chi connectivity index (χ1n) is 13.9. The average Bonchev–Trinajstić information content (AvgIpc) is 3.63. The molecule has 10 heteroatoms. The largest absolute Gasteiger partial charge is 0.439 e. The van der Waals surface area contributed by atoms with Gasteiger partial charge >= 0.3 is 5.76 Å². The molecule has 0 amide bonds. The molecule has 1 aliphatic rings. The van der Waals surface area contributed by atoms with E-state index in [-0.39, 0.29) is 17.7 Å². The molecule has 206 valence electrons. The van der Waals surface area contributed by atoms with Gasteiger partial charge in [0.1, 0.15) is 6.33 Å². The van der Waals surface area contributed by atoms with Crippen LogP contribution in [-0.4, -0.2) is 42.0 Å². The number of nitrogens with zero attached hydrogens (tertiary/aromatic N) is 5. The van der Waals surface area contributed by atoms with Crippen molar-refractivity contribution >= 4 is 5.78 Å². The number of hydrogen-bond donors (Lipinski definition) is 1. The van der Waals surface area contributed by atoms with Crippen LogP contribution < -0.4 is 11.3 Å². The lowest BCUT2D eigenvalue weighted by molar-refractivity contribution is 0.00578. The van der Waals surface area contributed by atoms with Crippen LogP contribution in [-0.2, 0) is 17.6 Å². The zero-order valence-electron chi connectivity index (χ0n) is 22.7.